The van der Waals surface area contributed by atoms with Crippen LogP contribution in [0.3, 0.4) is 0 Å². The molecular weight excluding hydrogens is 240 g/mol. The van der Waals surface area contributed by atoms with Gasteiger partial charge in [0.05, 0.1) is 0 Å². The zero-order valence-electron chi connectivity index (χ0n) is 11.8. The molecule has 2 fully saturated rings. The minimum Gasteiger partial charge on any atom is -0.357 e. The zero-order chi connectivity index (χ0) is 13.2. The number of anilines is 3. The summed E-state index contributed by atoms with van der Waals surface area (Å²) >= 11 is 0. The highest BCUT2D eigenvalue weighted by Crippen LogP contribution is 2.29. The Labute approximate surface area is 114 Å². The monoisotopic (exact) mass is 262 g/mol. The highest BCUT2D eigenvalue weighted by molar-refractivity contribution is 5.46. The number of hydrogen-bond donors (Lipinski definition) is 1. The molecule has 0 spiro atoms. The van der Waals surface area contributed by atoms with Gasteiger partial charge < -0.3 is 15.1 Å². The van der Waals surface area contributed by atoms with E-state index < -0.39 is 0 Å². The van der Waals surface area contributed by atoms with Crippen LogP contribution in [0.5, 0.6) is 0 Å². The van der Waals surface area contributed by atoms with Gasteiger partial charge in [-0.2, -0.15) is 15.0 Å². The van der Waals surface area contributed by atoms with Crippen LogP contribution in [0.1, 0.15) is 32.1 Å². The van der Waals surface area contributed by atoms with Crippen molar-refractivity contribution in [2.75, 3.05) is 42.3 Å². The molecule has 0 radical (unpaired) electrons. The summed E-state index contributed by atoms with van der Waals surface area (Å²) in [4.78, 5) is 18.1. The molecule has 1 N–H and O–H groups in total. The van der Waals surface area contributed by atoms with E-state index in [1.807, 2.05) is 7.05 Å². The molecule has 2 aliphatic rings. The van der Waals surface area contributed by atoms with Gasteiger partial charge in [0, 0.05) is 33.2 Å². The van der Waals surface area contributed by atoms with E-state index in [1.54, 1.807) is 0 Å². The predicted molar refractivity (Wildman–Crippen MR) is 76.9 cm³/mol. The lowest BCUT2D eigenvalue weighted by Gasteiger charge is -2.27. The summed E-state index contributed by atoms with van der Waals surface area (Å²) in [5.74, 6) is 2.28. The van der Waals surface area contributed by atoms with Gasteiger partial charge in [-0.05, 0) is 32.1 Å². The third-order valence-corrected chi connectivity index (χ3v) is 3.88. The summed E-state index contributed by atoms with van der Waals surface area (Å²) in [5, 5.41) is 3.05. The largest absolute Gasteiger partial charge is 0.357 e. The van der Waals surface area contributed by atoms with E-state index in [9.17, 15) is 0 Å². The molecule has 1 aromatic heterocycles. The number of aromatic nitrogens is 3. The van der Waals surface area contributed by atoms with Crippen molar-refractivity contribution < 1.29 is 0 Å². The van der Waals surface area contributed by atoms with Gasteiger partial charge in [0.25, 0.3) is 0 Å². The second kappa shape index (κ2) is 5.19. The van der Waals surface area contributed by atoms with E-state index in [1.165, 1.54) is 32.1 Å². The van der Waals surface area contributed by atoms with Crippen molar-refractivity contribution in [3.63, 3.8) is 0 Å². The molecule has 2 heterocycles. The Morgan fingerprint density at radius 3 is 2.47 bits per heavy atom. The van der Waals surface area contributed by atoms with Gasteiger partial charge >= 0.3 is 0 Å². The van der Waals surface area contributed by atoms with Gasteiger partial charge in [0.2, 0.25) is 17.8 Å². The Morgan fingerprint density at radius 1 is 1.11 bits per heavy atom. The molecule has 1 saturated carbocycles. The Morgan fingerprint density at radius 2 is 1.84 bits per heavy atom. The van der Waals surface area contributed by atoms with Crippen LogP contribution in [-0.2, 0) is 0 Å². The van der Waals surface area contributed by atoms with Crippen molar-refractivity contribution in [3.8, 4) is 0 Å². The summed E-state index contributed by atoms with van der Waals surface area (Å²) in [6, 6.07) is 0.612. The van der Waals surface area contributed by atoms with Crippen molar-refractivity contribution in [3.05, 3.63) is 0 Å². The predicted octanol–water partition coefficient (Wildman–Crippen LogP) is 1.50. The SMILES string of the molecule is CNc1nc(N2CCCCC2)nc(N(C)C2CC2)n1. The topological polar surface area (TPSA) is 57.2 Å². The van der Waals surface area contributed by atoms with Crippen LogP contribution in [-0.4, -0.2) is 48.2 Å². The van der Waals surface area contributed by atoms with Gasteiger partial charge in [0.15, 0.2) is 0 Å². The molecule has 0 amide bonds. The quantitative estimate of drug-likeness (QED) is 0.887. The minimum atomic E-state index is 0.612. The summed E-state index contributed by atoms with van der Waals surface area (Å²) in [7, 11) is 3.93. The molecule has 1 aromatic rings. The van der Waals surface area contributed by atoms with Crippen molar-refractivity contribution in [1.82, 2.24) is 15.0 Å². The van der Waals surface area contributed by atoms with E-state index in [2.05, 4.69) is 37.1 Å². The third kappa shape index (κ3) is 2.72. The first-order valence-electron chi connectivity index (χ1n) is 7.19. The van der Waals surface area contributed by atoms with Gasteiger partial charge in [-0.3, -0.25) is 0 Å². The summed E-state index contributed by atoms with van der Waals surface area (Å²) < 4.78 is 0. The van der Waals surface area contributed by atoms with E-state index in [-0.39, 0.29) is 0 Å². The van der Waals surface area contributed by atoms with Crippen LogP contribution in [0.15, 0.2) is 0 Å². The fourth-order valence-corrected chi connectivity index (χ4v) is 2.48. The van der Waals surface area contributed by atoms with Gasteiger partial charge in [0.1, 0.15) is 0 Å². The van der Waals surface area contributed by atoms with Crippen molar-refractivity contribution >= 4 is 17.8 Å². The maximum absolute atomic E-state index is 4.66. The number of nitrogens with zero attached hydrogens (tertiary/aromatic N) is 5. The molecule has 3 rings (SSSR count). The first-order valence-corrected chi connectivity index (χ1v) is 7.19. The Balaban J connectivity index is 1.87. The second-order valence-corrected chi connectivity index (χ2v) is 5.40. The maximum atomic E-state index is 4.66. The van der Waals surface area contributed by atoms with Gasteiger partial charge in [-0.15, -0.1) is 0 Å². The molecule has 0 bridgehead atoms. The minimum absolute atomic E-state index is 0.612. The molecule has 0 atom stereocenters. The number of hydrogen-bond acceptors (Lipinski definition) is 6. The number of piperidine rings is 1. The van der Waals surface area contributed by atoms with Crippen LogP contribution in [0.25, 0.3) is 0 Å². The van der Waals surface area contributed by atoms with E-state index in [4.69, 9.17) is 0 Å². The van der Waals surface area contributed by atoms with Crippen LogP contribution in [0.4, 0.5) is 17.8 Å². The van der Waals surface area contributed by atoms with Crippen molar-refractivity contribution in [2.24, 2.45) is 0 Å². The molecule has 19 heavy (non-hydrogen) atoms. The smallest absolute Gasteiger partial charge is 0.231 e. The molecule has 6 heteroatoms. The number of nitrogens with one attached hydrogen (secondary N) is 1. The lowest BCUT2D eigenvalue weighted by atomic mass is 10.1. The molecule has 1 aliphatic carbocycles. The Kier molecular flexibility index (Phi) is 3.40. The fourth-order valence-electron chi connectivity index (χ4n) is 2.48. The van der Waals surface area contributed by atoms with E-state index >= 15 is 0 Å². The average molecular weight is 262 g/mol. The van der Waals surface area contributed by atoms with Crippen molar-refractivity contribution in [1.29, 1.82) is 0 Å². The lowest BCUT2D eigenvalue weighted by Crippen LogP contribution is -2.32. The molecule has 1 aliphatic heterocycles. The van der Waals surface area contributed by atoms with Gasteiger partial charge in [-0.1, -0.05) is 0 Å². The lowest BCUT2D eigenvalue weighted by molar-refractivity contribution is 0.567. The second-order valence-electron chi connectivity index (χ2n) is 5.40. The molecule has 6 nitrogen and oxygen atoms in total. The van der Waals surface area contributed by atoms with Crippen molar-refractivity contribution in [2.45, 2.75) is 38.1 Å². The average Bonchev–Trinajstić information content (AvgIpc) is 3.31. The van der Waals surface area contributed by atoms with Crippen LogP contribution < -0.4 is 15.1 Å². The normalized spacial score (nSPS) is 19.4. The molecule has 0 unspecified atom stereocenters. The first-order chi connectivity index (χ1) is 9.28. The summed E-state index contributed by atoms with van der Waals surface area (Å²) in [5.41, 5.74) is 0. The van der Waals surface area contributed by atoms with E-state index in [0.29, 0.717) is 12.0 Å². The number of rotatable bonds is 4. The van der Waals surface area contributed by atoms with E-state index in [0.717, 1.165) is 25.0 Å². The van der Waals surface area contributed by atoms with Gasteiger partial charge in [-0.25, -0.2) is 0 Å². The molecule has 1 saturated heterocycles. The standard InChI is InChI=1S/C13H22N6/c1-14-11-15-12(18(2)10-6-7-10)17-13(16-11)19-8-4-3-5-9-19/h10H,3-9H2,1-2H3,(H,14,15,16,17). The van der Waals surface area contributed by atoms with Crippen LogP contribution in [0, 0.1) is 0 Å². The van der Waals surface area contributed by atoms with Crippen LogP contribution in [0.2, 0.25) is 0 Å². The van der Waals surface area contributed by atoms with Crippen LogP contribution >= 0.6 is 0 Å². The maximum Gasteiger partial charge on any atom is 0.231 e. The Hall–Kier alpha value is -1.59. The first kappa shape index (κ1) is 12.4. The Bertz CT molecular complexity index is 439. The molecular formula is C13H22N6. The fraction of sp³-hybridized carbons (Fsp3) is 0.769. The third-order valence-electron chi connectivity index (χ3n) is 3.88. The summed E-state index contributed by atoms with van der Waals surface area (Å²) in [6.45, 7) is 2.11. The zero-order valence-corrected chi connectivity index (χ0v) is 11.8. The molecule has 104 valence electrons. The summed E-state index contributed by atoms with van der Waals surface area (Å²) in [6.07, 6.45) is 6.27. The highest BCUT2D eigenvalue weighted by Gasteiger charge is 2.29. The molecule has 0 aromatic carbocycles. The highest BCUT2D eigenvalue weighted by atomic mass is 15.4.